The van der Waals surface area contributed by atoms with E-state index in [2.05, 4.69) is 5.32 Å². The molecule has 1 aliphatic rings. The van der Waals surface area contributed by atoms with Crippen molar-refractivity contribution in [3.63, 3.8) is 0 Å². The molecule has 180 valence electrons. The Morgan fingerprint density at radius 1 is 1.00 bits per heavy atom. The van der Waals surface area contributed by atoms with Crippen LogP contribution in [0.15, 0.2) is 46.2 Å². The molecule has 1 saturated heterocycles. The summed E-state index contributed by atoms with van der Waals surface area (Å²) in [4.78, 5) is 13.4. The van der Waals surface area contributed by atoms with E-state index in [1.807, 2.05) is 13.0 Å². The summed E-state index contributed by atoms with van der Waals surface area (Å²) >= 11 is 0. The molecule has 0 spiro atoms. The van der Waals surface area contributed by atoms with Crippen molar-refractivity contribution in [2.45, 2.75) is 43.4 Å². The van der Waals surface area contributed by atoms with Crippen molar-refractivity contribution in [2.75, 3.05) is 32.5 Å². The lowest BCUT2D eigenvalue weighted by Crippen LogP contribution is -2.43. The van der Waals surface area contributed by atoms with Crippen LogP contribution >= 0.6 is 0 Å². The Hall–Kier alpha value is -2.27. The fourth-order valence-electron chi connectivity index (χ4n) is 3.84. The van der Waals surface area contributed by atoms with E-state index in [4.69, 9.17) is 0 Å². The van der Waals surface area contributed by atoms with E-state index in [0.717, 1.165) is 15.4 Å². The van der Waals surface area contributed by atoms with Gasteiger partial charge in [0.15, 0.2) is 0 Å². The molecule has 10 heteroatoms. The van der Waals surface area contributed by atoms with Crippen molar-refractivity contribution in [3.8, 4) is 0 Å². The van der Waals surface area contributed by atoms with Gasteiger partial charge in [-0.25, -0.2) is 21.1 Å². The predicted octanol–water partition coefficient (Wildman–Crippen LogP) is 2.90. The molecule has 3 rings (SSSR count). The summed E-state index contributed by atoms with van der Waals surface area (Å²) in [6, 6.07) is 9.90. The van der Waals surface area contributed by atoms with Crippen LogP contribution in [0.1, 0.15) is 29.5 Å². The van der Waals surface area contributed by atoms with E-state index in [0.29, 0.717) is 30.6 Å². The molecule has 2 aromatic carbocycles. The van der Waals surface area contributed by atoms with Gasteiger partial charge in [0.05, 0.1) is 15.7 Å². The van der Waals surface area contributed by atoms with Gasteiger partial charge in [-0.15, -0.1) is 0 Å². The molecule has 33 heavy (non-hydrogen) atoms. The maximum Gasteiger partial charge on any atom is 0.243 e. The Kier molecular flexibility index (Phi) is 7.33. The standard InChI is InChI=1S/C23H31N3O5S2/c1-16-8-9-18(3)22(13-16)33(30,31)26-12-6-7-19(15-26)23(27)24-21-14-20(11-10-17(21)2)32(28,29)25(4)5/h8-11,13-14,19H,6-7,12,15H2,1-5H3,(H,24,27). The number of nitrogens with one attached hydrogen (secondary N) is 1. The third-order valence-electron chi connectivity index (χ3n) is 5.96. The van der Waals surface area contributed by atoms with Gasteiger partial charge in [0.25, 0.3) is 0 Å². The number of carbonyl (C=O) groups is 1. The molecule has 0 radical (unpaired) electrons. The number of anilines is 1. The van der Waals surface area contributed by atoms with Crippen LogP contribution < -0.4 is 5.32 Å². The van der Waals surface area contributed by atoms with Gasteiger partial charge in [-0.3, -0.25) is 4.79 Å². The van der Waals surface area contributed by atoms with Crippen molar-refractivity contribution in [1.29, 1.82) is 0 Å². The average molecular weight is 494 g/mol. The normalized spacial score (nSPS) is 17.8. The largest absolute Gasteiger partial charge is 0.326 e. The molecule has 1 atom stereocenters. The van der Waals surface area contributed by atoms with Crippen LogP contribution in [-0.4, -0.2) is 58.5 Å². The monoisotopic (exact) mass is 493 g/mol. The van der Waals surface area contributed by atoms with Crippen molar-refractivity contribution < 1.29 is 21.6 Å². The number of benzene rings is 2. The molecule has 0 aromatic heterocycles. The van der Waals surface area contributed by atoms with Crippen molar-refractivity contribution >= 4 is 31.6 Å². The van der Waals surface area contributed by atoms with E-state index in [1.165, 1.54) is 30.5 Å². The maximum absolute atomic E-state index is 13.3. The smallest absolute Gasteiger partial charge is 0.243 e. The van der Waals surface area contributed by atoms with E-state index < -0.39 is 26.0 Å². The van der Waals surface area contributed by atoms with Crippen LogP contribution in [0.4, 0.5) is 5.69 Å². The Bertz CT molecular complexity index is 1270. The van der Waals surface area contributed by atoms with E-state index in [-0.39, 0.29) is 22.2 Å². The predicted molar refractivity (Wildman–Crippen MR) is 128 cm³/mol. The molecule has 8 nitrogen and oxygen atoms in total. The van der Waals surface area contributed by atoms with Crippen molar-refractivity contribution in [2.24, 2.45) is 5.92 Å². The van der Waals surface area contributed by atoms with Gasteiger partial charge in [-0.2, -0.15) is 4.31 Å². The fourth-order valence-corrected chi connectivity index (χ4v) is 6.60. The third kappa shape index (κ3) is 5.29. The Balaban J connectivity index is 1.81. The highest BCUT2D eigenvalue weighted by Crippen LogP contribution is 2.28. The fraction of sp³-hybridized carbons (Fsp3) is 0.435. The van der Waals surface area contributed by atoms with Crippen LogP contribution in [0.2, 0.25) is 0 Å². The molecule has 1 heterocycles. The number of rotatable bonds is 6. The second-order valence-electron chi connectivity index (χ2n) is 8.72. The molecular weight excluding hydrogens is 462 g/mol. The van der Waals surface area contributed by atoms with Crippen LogP contribution in [0, 0.1) is 26.7 Å². The Labute approximate surface area is 196 Å². The highest BCUT2D eigenvalue weighted by Gasteiger charge is 2.34. The molecule has 0 aliphatic carbocycles. The molecule has 0 saturated carbocycles. The summed E-state index contributed by atoms with van der Waals surface area (Å²) < 4.78 is 54.0. The first kappa shape index (κ1) is 25.4. The van der Waals surface area contributed by atoms with Gasteiger partial charge in [-0.1, -0.05) is 18.2 Å². The number of nitrogens with zero attached hydrogens (tertiary/aromatic N) is 2. The average Bonchev–Trinajstić information content (AvgIpc) is 2.76. The third-order valence-corrected chi connectivity index (χ3v) is 9.78. The second-order valence-corrected chi connectivity index (χ2v) is 12.8. The lowest BCUT2D eigenvalue weighted by molar-refractivity contribution is -0.120. The first-order valence-corrected chi connectivity index (χ1v) is 13.6. The lowest BCUT2D eigenvalue weighted by Gasteiger charge is -2.31. The van der Waals surface area contributed by atoms with Gasteiger partial charge in [0, 0.05) is 32.9 Å². The molecule has 2 aromatic rings. The number of sulfonamides is 2. The molecular formula is C23H31N3O5S2. The van der Waals surface area contributed by atoms with Crippen molar-refractivity contribution in [1.82, 2.24) is 8.61 Å². The Morgan fingerprint density at radius 2 is 1.67 bits per heavy atom. The summed E-state index contributed by atoms with van der Waals surface area (Å²) in [5.41, 5.74) is 2.64. The zero-order chi connectivity index (χ0) is 24.6. The number of aryl methyl sites for hydroxylation is 3. The maximum atomic E-state index is 13.3. The van der Waals surface area contributed by atoms with Gasteiger partial charge in [0.2, 0.25) is 26.0 Å². The highest BCUT2D eigenvalue weighted by atomic mass is 32.2. The topological polar surface area (TPSA) is 104 Å². The molecule has 1 fully saturated rings. The van der Waals surface area contributed by atoms with Crippen LogP contribution in [0.25, 0.3) is 0 Å². The SMILES string of the molecule is Cc1ccc(C)c(S(=O)(=O)N2CCCC(C(=O)Nc3cc(S(=O)(=O)N(C)C)ccc3C)C2)c1. The van der Waals surface area contributed by atoms with Gasteiger partial charge < -0.3 is 5.32 Å². The van der Waals surface area contributed by atoms with Crippen molar-refractivity contribution in [3.05, 3.63) is 53.1 Å². The minimum Gasteiger partial charge on any atom is -0.326 e. The quantitative estimate of drug-likeness (QED) is 0.666. The number of hydrogen-bond acceptors (Lipinski definition) is 5. The van der Waals surface area contributed by atoms with Gasteiger partial charge in [-0.05, 0) is 68.5 Å². The summed E-state index contributed by atoms with van der Waals surface area (Å²) in [6.07, 6.45) is 1.12. The highest BCUT2D eigenvalue weighted by molar-refractivity contribution is 7.89. The minimum absolute atomic E-state index is 0.0796. The summed E-state index contributed by atoms with van der Waals surface area (Å²) in [5, 5.41) is 2.82. The molecule has 1 amide bonds. The first-order valence-electron chi connectivity index (χ1n) is 10.8. The van der Waals surface area contributed by atoms with E-state index in [9.17, 15) is 21.6 Å². The number of hydrogen-bond donors (Lipinski definition) is 1. The first-order chi connectivity index (χ1) is 15.3. The van der Waals surface area contributed by atoms with E-state index >= 15 is 0 Å². The zero-order valence-electron chi connectivity index (χ0n) is 19.6. The van der Waals surface area contributed by atoms with Gasteiger partial charge >= 0.3 is 0 Å². The van der Waals surface area contributed by atoms with Gasteiger partial charge in [0.1, 0.15) is 0 Å². The number of amides is 1. The minimum atomic E-state index is -3.73. The molecule has 1 N–H and O–H groups in total. The second kappa shape index (κ2) is 9.54. The zero-order valence-corrected chi connectivity index (χ0v) is 21.3. The molecule has 1 aliphatic heterocycles. The molecule has 0 bridgehead atoms. The molecule has 1 unspecified atom stereocenters. The Morgan fingerprint density at radius 3 is 2.33 bits per heavy atom. The summed E-state index contributed by atoms with van der Waals surface area (Å²) in [7, 11) is -4.49. The van der Waals surface area contributed by atoms with E-state index in [1.54, 1.807) is 32.0 Å². The van der Waals surface area contributed by atoms with Crippen LogP contribution in [0.5, 0.6) is 0 Å². The summed E-state index contributed by atoms with van der Waals surface area (Å²) in [5.74, 6) is -0.856. The van der Waals surface area contributed by atoms with Crippen LogP contribution in [0.3, 0.4) is 0 Å². The lowest BCUT2D eigenvalue weighted by atomic mass is 9.98. The summed E-state index contributed by atoms with van der Waals surface area (Å²) in [6.45, 7) is 5.82. The van der Waals surface area contributed by atoms with Crippen LogP contribution in [-0.2, 0) is 24.8 Å². The number of carbonyl (C=O) groups excluding carboxylic acids is 1. The number of piperidine rings is 1.